The fourth-order valence-electron chi connectivity index (χ4n) is 1.82. The molecule has 18 heavy (non-hydrogen) atoms. The van der Waals surface area contributed by atoms with E-state index in [0.29, 0.717) is 6.04 Å². The minimum atomic E-state index is -0.110. The summed E-state index contributed by atoms with van der Waals surface area (Å²) in [6, 6.07) is 7.48. The predicted octanol–water partition coefficient (Wildman–Crippen LogP) is 4.33. The molecule has 102 valence electrons. The zero-order valence-corrected chi connectivity index (χ0v) is 12.4. The van der Waals surface area contributed by atoms with E-state index in [9.17, 15) is 4.39 Å². The molecule has 1 aromatic rings. The van der Waals surface area contributed by atoms with Gasteiger partial charge in [0.05, 0.1) is 0 Å². The van der Waals surface area contributed by atoms with Gasteiger partial charge < -0.3 is 5.32 Å². The molecule has 1 nitrogen and oxygen atoms in total. The van der Waals surface area contributed by atoms with Crippen molar-refractivity contribution in [2.45, 2.75) is 44.6 Å². The molecule has 0 heterocycles. The van der Waals surface area contributed by atoms with Crippen LogP contribution < -0.4 is 5.32 Å². The van der Waals surface area contributed by atoms with Gasteiger partial charge in [-0.3, -0.25) is 0 Å². The second kappa shape index (κ2) is 8.54. The molecule has 0 radical (unpaired) electrons. The maximum atomic E-state index is 13.5. The van der Waals surface area contributed by atoms with Crippen molar-refractivity contribution >= 4 is 11.8 Å². The Bertz CT molecular complexity index is 341. The molecule has 0 bridgehead atoms. The van der Waals surface area contributed by atoms with E-state index in [0.717, 1.165) is 29.5 Å². The highest BCUT2D eigenvalue weighted by Crippen LogP contribution is 2.23. The molecule has 0 spiro atoms. The molecule has 0 amide bonds. The molecule has 0 aromatic heterocycles. The first-order valence-electron chi connectivity index (χ1n) is 6.74. The Labute approximate surface area is 115 Å². The molecule has 1 N–H and O–H groups in total. The third-order valence-electron chi connectivity index (χ3n) is 2.86. The summed E-state index contributed by atoms with van der Waals surface area (Å²) in [5.41, 5.74) is 0. The monoisotopic (exact) mass is 269 g/mol. The highest BCUT2D eigenvalue weighted by Gasteiger charge is 2.10. The van der Waals surface area contributed by atoms with Crippen LogP contribution in [0.3, 0.4) is 0 Å². The predicted molar refractivity (Wildman–Crippen MR) is 78.7 cm³/mol. The Balaban J connectivity index is 2.44. The number of benzene rings is 1. The molecule has 0 aliphatic rings. The van der Waals surface area contributed by atoms with E-state index in [4.69, 9.17) is 0 Å². The van der Waals surface area contributed by atoms with Gasteiger partial charge in [-0.05, 0) is 37.4 Å². The summed E-state index contributed by atoms with van der Waals surface area (Å²) in [5, 5.41) is 3.48. The third kappa shape index (κ3) is 5.87. The quantitative estimate of drug-likeness (QED) is 0.705. The molecule has 0 aliphatic heterocycles. The fourth-order valence-corrected chi connectivity index (χ4v) is 2.87. The highest BCUT2D eigenvalue weighted by molar-refractivity contribution is 7.99. The van der Waals surface area contributed by atoms with E-state index in [1.54, 1.807) is 17.8 Å². The van der Waals surface area contributed by atoms with Crippen LogP contribution in [0.1, 0.15) is 33.6 Å². The lowest BCUT2D eigenvalue weighted by Crippen LogP contribution is -2.31. The van der Waals surface area contributed by atoms with Crippen LogP contribution in [0.4, 0.5) is 4.39 Å². The Hall–Kier alpha value is -0.540. The zero-order chi connectivity index (χ0) is 13.4. The number of hydrogen-bond acceptors (Lipinski definition) is 2. The van der Waals surface area contributed by atoms with E-state index < -0.39 is 0 Å². The Morgan fingerprint density at radius 2 is 1.94 bits per heavy atom. The second-order valence-electron chi connectivity index (χ2n) is 4.97. The normalized spacial score (nSPS) is 12.9. The first-order valence-corrected chi connectivity index (χ1v) is 7.72. The molecule has 1 rings (SSSR count). The van der Waals surface area contributed by atoms with E-state index in [1.807, 2.05) is 12.1 Å². The standard InChI is InChI=1S/C15H24FNS/c1-4-17-13(10-9-12(2)3)11-18-15-8-6-5-7-14(15)16/h5-8,12-13,17H,4,9-11H2,1-3H3. The summed E-state index contributed by atoms with van der Waals surface area (Å²) >= 11 is 1.61. The molecular formula is C15H24FNS. The van der Waals surface area contributed by atoms with Crippen LogP contribution in [0, 0.1) is 11.7 Å². The number of thioether (sulfide) groups is 1. The lowest BCUT2D eigenvalue weighted by Gasteiger charge is -2.18. The molecule has 0 saturated carbocycles. The summed E-state index contributed by atoms with van der Waals surface area (Å²) < 4.78 is 13.5. The van der Waals surface area contributed by atoms with Gasteiger partial charge in [-0.2, -0.15) is 0 Å². The van der Waals surface area contributed by atoms with Gasteiger partial charge in [0.25, 0.3) is 0 Å². The average Bonchev–Trinajstić information content (AvgIpc) is 2.34. The van der Waals surface area contributed by atoms with Gasteiger partial charge in [-0.15, -0.1) is 11.8 Å². The van der Waals surface area contributed by atoms with Gasteiger partial charge in [0, 0.05) is 16.7 Å². The van der Waals surface area contributed by atoms with Crippen LogP contribution in [0.15, 0.2) is 29.2 Å². The molecule has 1 aromatic carbocycles. The lowest BCUT2D eigenvalue weighted by atomic mass is 10.0. The van der Waals surface area contributed by atoms with E-state index >= 15 is 0 Å². The van der Waals surface area contributed by atoms with Crippen molar-refractivity contribution in [3.05, 3.63) is 30.1 Å². The van der Waals surface area contributed by atoms with Crippen LogP contribution in [-0.2, 0) is 0 Å². The van der Waals surface area contributed by atoms with Gasteiger partial charge in [0.1, 0.15) is 5.82 Å². The fraction of sp³-hybridized carbons (Fsp3) is 0.600. The van der Waals surface area contributed by atoms with Gasteiger partial charge in [0.15, 0.2) is 0 Å². The molecule has 0 aliphatic carbocycles. The molecule has 0 fully saturated rings. The summed E-state index contributed by atoms with van der Waals surface area (Å²) in [7, 11) is 0. The van der Waals surface area contributed by atoms with Crippen LogP contribution in [-0.4, -0.2) is 18.3 Å². The van der Waals surface area contributed by atoms with Crippen molar-refractivity contribution in [2.24, 2.45) is 5.92 Å². The van der Waals surface area contributed by atoms with E-state index in [-0.39, 0.29) is 5.82 Å². The molecular weight excluding hydrogens is 245 g/mol. The second-order valence-corrected chi connectivity index (χ2v) is 6.03. The summed E-state index contributed by atoms with van der Waals surface area (Å²) in [5.74, 6) is 1.55. The number of hydrogen-bond donors (Lipinski definition) is 1. The number of rotatable bonds is 8. The molecule has 1 unspecified atom stereocenters. The van der Waals surface area contributed by atoms with Gasteiger partial charge in [0.2, 0.25) is 0 Å². The van der Waals surface area contributed by atoms with Gasteiger partial charge in [-0.25, -0.2) is 4.39 Å². The maximum Gasteiger partial charge on any atom is 0.136 e. The first kappa shape index (κ1) is 15.5. The van der Waals surface area contributed by atoms with Crippen LogP contribution in [0.2, 0.25) is 0 Å². The molecule has 1 atom stereocenters. The molecule has 0 saturated heterocycles. The average molecular weight is 269 g/mol. The maximum absolute atomic E-state index is 13.5. The van der Waals surface area contributed by atoms with Crippen LogP contribution >= 0.6 is 11.8 Å². The van der Waals surface area contributed by atoms with Crippen molar-refractivity contribution in [1.82, 2.24) is 5.32 Å². The topological polar surface area (TPSA) is 12.0 Å². The van der Waals surface area contributed by atoms with Crippen LogP contribution in [0.5, 0.6) is 0 Å². The molecule has 3 heteroatoms. The smallest absolute Gasteiger partial charge is 0.136 e. The van der Waals surface area contributed by atoms with E-state index in [2.05, 4.69) is 26.1 Å². The van der Waals surface area contributed by atoms with Crippen molar-refractivity contribution in [3.63, 3.8) is 0 Å². The third-order valence-corrected chi connectivity index (χ3v) is 4.07. The van der Waals surface area contributed by atoms with Crippen LogP contribution in [0.25, 0.3) is 0 Å². The lowest BCUT2D eigenvalue weighted by molar-refractivity contribution is 0.463. The minimum absolute atomic E-state index is 0.110. The van der Waals surface area contributed by atoms with Gasteiger partial charge >= 0.3 is 0 Å². The Kier molecular flexibility index (Phi) is 7.36. The minimum Gasteiger partial charge on any atom is -0.313 e. The van der Waals surface area contributed by atoms with Crippen molar-refractivity contribution in [2.75, 3.05) is 12.3 Å². The Morgan fingerprint density at radius 1 is 1.22 bits per heavy atom. The first-order chi connectivity index (χ1) is 8.63. The van der Waals surface area contributed by atoms with Crippen molar-refractivity contribution < 1.29 is 4.39 Å². The summed E-state index contributed by atoms with van der Waals surface area (Å²) in [4.78, 5) is 0.755. The van der Waals surface area contributed by atoms with Crippen molar-refractivity contribution in [3.8, 4) is 0 Å². The summed E-state index contributed by atoms with van der Waals surface area (Å²) in [6.07, 6.45) is 2.38. The van der Waals surface area contributed by atoms with E-state index in [1.165, 1.54) is 12.5 Å². The van der Waals surface area contributed by atoms with Gasteiger partial charge in [-0.1, -0.05) is 32.9 Å². The Morgan fingerprint density at radius 3 is 2.56 bits per heavy atom. The SMILES string of the molecule is CCNC(CCC(C)C)CSc1ccccc1F. The number of nitrogens with one attached hydrogen (secondary N) is 1. The summed E-state index contributed by atoms with van der Waals surface area (Å²) in [6.45, 7) is 7.58. The van der Waals surface area contributed by atoms with Crippen molar-refractivity contribution in [1.29, 1.82) is 0 Å². The number of halogens is 1. The zero-order valence-electron chi connectivity index (χ0n) is 11.6. The largest absolute Gasteiger partial charge is 0.313 e. The highest BCUT2D eigenvalue weighted by atomic mass is 32.2.